The van der Waals surface area contributed by atoms with Gasteiger partial charge in [-0.05, 0) is 38.4 Å². The third-order valence-corrected chi connectivity index (χ3v) is 6.03. The van der Waals surface area contributed by atoms with E-state index in [4.69, 9.17) is 4.74 Å². The smallest absolute Gasteiger partial charge is 0.128 e. The van der Waals surface area contributed by atoms with Crippen molar-refractivity contribution < 1.29 is 4.74 Å². The molecule has 0 aromatic carbocycles. The third-order valence-electron chi connectivity index (χ3n) is 5.21. The van der Waals surface area contributed by atoms with E-state index in [0.29, 0.717) is 0 Å². The maximum atomic E-state index is 6.03. The first-order valence-electron chi connectivity index (χ1n) is 9.10. The predicted molar refractivity (Wildman–Crippen MR) is 101 cm³/mol. The van der Waals surface area contributed by atoms with Gasteiger partial charge in [-0.15, -0.1) is 11.3 Å². The minimum absolute atomic E-state index is 0.192. The van der Waals surface area contributed by atoms with Gasteiger partial charge in [0, 0.05) is 43.2 Å². The maximum Gasteiger partial charge on any atom is 0.128 e. The molecule has 25 heavy (non-hydrogen) atoms. The molecule has 1 atom stereocenters. The van der Waals surface area contributed by atoms with Crippen molar-refractivity contribution in [2.45, 2.75) is 26.3 Å². The predicted octanol–water partition coefficient (Wildman–Crippen LogP) is 2.97. The van der Waals surface area contributed by atoms with Crippen molar-refractivity contribution in [3.05, 3.63) is 40.5 Å². The summed E-state index contributed by atoms with van der Waals surface area (Å²) < 4.78 is 6.03. The highest BCUT2D eigenvalue weighted by molar-refractivity contribution is 7.09. The van der Waals surface area contributed by atoms with Gasteiger partial charge in [-0.25, -0.2) is 9.97 Å². The molecule has 2 aromatic heterocycles. The van der Waals surface area contributed by atoms with Crippen molar-refractivity contribution in [2.24, 2.45) is 5.41 Å². The van der Waals surface area contributed by atoms with Crippen LogP contribution in [0, 0.1) is 12.3 Å². The molecule has 2 aliphatic heterocycles. The number of hydrogen-bond acceptors (Lipinski definition) is 6. The first-order chi connectivity index (χ1) is 12.2. The number of nitrogens with zero attached hydrogens (tertiary/aromatic N) is 4. The molecule has 2 saturated heterocycles. The molecule has 1 unspecified atom stereocenters. The van der Waals surface area contributed by atoms with Crippen LogP contribution in [0.2, 0.25) is 0 Å². The maximum absolute atomic E-state index is 6.03. The molecular formula is C19H26N4OS. The van der Waals surface area contributed by atoms with Crippen LogP contribution >= 0.6 is 11.3 Å². The number of anilines is 1. The quantitative estimate of drug-likeness (QED) is 0.844. The Kier molecular flexibility index (Phi) is 5.01. The molecule has 1 spiro atoms. The molecule has 0 aliphatic carbocycles. The van der Waals surface area contributed by atoms with Gasteiger partial charge in [-0.2, -0.15) is 0 Å². The Hall–Kier alpha value is -1.50. The second-order valence-corrected chi connectivity index (χ2v) is 8.40. The van der Waals surface area contributed by atoms with E-state index in [9.17, 15) is 0 Å². The normalized spacial score (nSPS) is 25.2. The molecule has 134 valence electrons. The highest BCUT2D eigenvalue weighted by Crippen LogP contribution is 2.34. The van der Waals surface area contributed by atoms with E-state index in [2.05, 4.69) is 44.2 Å². The molecular weight excluding hydrogens is 332 g/mol. The molecule has 5 nitrogen and oxygen atoms in total. The molecule has 0 radical (unpaired) electrons. The fourth-order valence-corrected chi connectivity index (χ4v) is 4.74. The van der Waals surface area contributed by atoms with Crippen molar-refractivity contribution in [1.29, 1.82) is 0 Å². The van der Waals surface area contributed by atoms with Crippen LogP contribution in [-0.4, -0.2) is 54.3 Å². The third kappa shape index (κ3) is 4.02. The van der Waals surface area contributed by atoms with Crippen molar-refractivity contribution in [2.75, 3.05) is 44.3 Å². The number of aryl methyl sites for hydroxylation is 1. The molecule has 4 heterocycles. The lowest BCUT2D eigenvalue weighted by Gasteiger charge is -2.43. The Labute approximate surface area is 153 Å². The number of ether oxygens (including phenoxy) is 1. The van der Waals surface area contributed by atoms with E-state index in [1.807, 2.05) is 12.3 Å². The number of hydrogen-bond donors (Lipinski definition) is 0. The van der Waals surface area contributed by atoms with E-state index in [1.54, 1.807) is 11.3 Å². The zero-order chi connectivity index (χ0) is 17.1. The van der Waals surface area contributed by atoms with Gasteiger partial charge in [0.05, 0.1) is 23.9 Å². The SMILES string of the molecule is Cc1nc(CN2CCCC3(COCCN(c4ccccn4)C3)C2)cs1. The fraction of sp³-hybridized carbons (Fsp3) is 0.579. The monoisotopic (exact) mass is 358 g/mol. The minimum atomic E-state index is 0.192. The van der Waals surface area contributed by atoms with Crippen LogP contribution in [0.5, 0.6) is 0 Å². The Morgan fingerprint density at radius 2 is 2.24 bits per heavy atom. The summed E-state index contributed by atoms with van der Waals surface area (Å²) >= 11 is 1.74. The lowest BCUT2D eigenvalue weighted by atomic mass is 9.80. The van der Waals surface area contributed by atoms with E-state index in [-0.39, 0.29) is 5.41 Å². The molecule has 0 bridgehead atoms. The number of aromatic nitrogens is 2. The highest BCUT2D eigenvalue weighted by Gasteiger charge is 2.39. The zero-order valence-corrected chi connectivity index (χ0v) is 15.7. The zero-order valence-electron chi connectivity index (χ0n) is 14.9. The van der Waals surface area contributed by atoms with E-state index in [0.717, 1.165) is 56.8 Å². The highest BCUT2D eigenvalue weighted by atomic mass is 32.1. The minimum Gasteiger partial charge on any atom is -0.379 e. The molecule has 2 aromatic rings. The van der Waals surface area contributed by atoms with Gasteiger partial charge < -0.3 is 9.64 Å². The second kappa shape index (κ2) is 7.40. The molecule has 0 N–H and O–H groups in total. The lowest BCUT2D eigenvalue weighted by molar-refractivity contribution is 0.0103. The fourth-order valence-electron chi connectivity index (χ4n) is 4.13. The average Bonchev–Trinajstić information content (AvgIpc) is 2.92. The Balaban J connectivity index is 1.48. The van der Waals surface area contributed by atoms with E-state index < -0.39 is 0 Å². The van der Waals surface area contributed by atoms with Gasteiger partial charge in [-0.3, -0.25) is 4.90 Å². The standard InChI is InChI=1S/C19H26N4OS/c1-16-21-17(12-25-16)11-22-8-4-6-19(13-22)14-23(9-10-24-15-19)18-5-2-3-7-20-18/h2-3,5,7,12H,4,6,8-11,13-15H2,1H3. The van der Waals surface area contributed by atoms with Crippen LogP contribution in [0.15, 0.2) is 29.8 Å². The lowest BCUT2D eigenvalue weighted by Crippen LogP contribution is -2.50. The summed E-state index contributed by atoms with van der Waals surface area (Å²) in [6.07, 6.45) is 4.33. The van der Waals surface area contributed by atoms with Crippen LogP contribution in [0.25, 0.3) is 0 Å². The van der Waals surface area contributed by atoms with Crippen LogP contribution in [0.1, 0.15) is 23.5 Å². The topological polar surface area (TPSA) is 41.5 Å². The first-order valence-corrected chi connectivity index (χ1v) is 9.98. The van der Waals surface area contributed by atoms with Gasteiger partial charge in [0.1, 0.15) is 5.82 Å². The Morgan fingerprint density at radius 3 is 3.04 bits per heavy atom. The molecule has 2 fully saturated rings. The summed E-state index contributed by atoms with van der Waals surface area (Å²) in [6, 6.07) is 6.15. The first kappa shape index (κ1) is 16.9. The Morgan fingerprint density at radius 1 is 1.28 bits per heavy atom. The van der Waals surface area contributed by atoms with Gasteiger partial charge in [0.15, 0.2) is 0 Å². The van der Waals surface area contributed by atoms with Crippen LogP contribution in [0.3, 0.4) is 0 Å². The molecule has 6 heteroatoms. The van der Waals surface area contributed by atoms with Gasteiger partial charge in [-0.1, -0.05) is 6.07 Å². The number of piperidine rings is 1. The Bertz CT molecular complexity index is 692. The van der Waals surface area contributed by atoms with Crippen molar-refractivity contribution in [1.82, 2.24) is 14.9 Å². The summed E-state index contributed by atoms with van der Waals surface area (Å²) in [6.45, 7) is 8.84. The summed E-state index contributed by atoms with van der Waals surface area (Å²) in [5.41, 5.74) is 1.40. The van der Waals surface area contributed by atoms with Gasteiger partial charge in [0.2, 0.25) is 0 Å². The number of thiazole rings is 1. The molecule has 2 aliphatic rings. The van der Waals surface area contributed by atoms with Crippen LogP contribution in [0.4, 0.5) is 5.82 Å². The molecule has 4 rings (SSSR count). The summed E-state index contributed by atoms with van der Waals surface area (Å²) in [5.74, 6) is 1.07. The van der Waals surface area contributed by atoms with Gasteiger partial charge >= 0.3 is 0 Å². The van der Waals surface area contributed by atoms with Crippen molar-refractivity contribution in [3.8, 4) is 0 Å². The molecule has 0 amide bonds. The van der Waals surface area contributed by atoms with Gasteiger partial charge in [0.25, 0.3) is 0 Å². The summed E-state index contributed by atoms with van der Waals surface area (Å²) in [7, 11) is 0. The number of rotatable bonds is 3. The van der Waals surface area contributed by atoms with E-state index in [1.165, 1.54) is 18.5 Å². The van der Waals surface area contributed by atoms with Crippen LogP contribution in [-0.2, 0) is 11.3 Å². The summed E-state index contributed by atoms with van der Waals surface area (Å²) in [4.78, 5) is 14.2. The van der Waals surface area contributed by atoms with Crippen molar-refractivity contribution in [3.63, 3.8) is 0 Å². The van der Waals surface area contributed by atoms with Crippen LogP contribution < -0.4 is 4.90 Å². The summed E-state index contributed by atoms with van der Waals surface area (Å²) in [5, 5.41) is 3.35. The average molecular weight is 359 g/mol. The second-order valence-electron chi connectivity index (χ2n) is 7.33. The molecule has 0 saturated carbocycles. The largest absolute Gasteiger partial charge is 0.379 e. The van der Waals surface area contributed by atoms with E-state index >= 15 is 0 Å². The number of pyridine rings is 1. The number of likely N-dealkylation sites (tertiary alicyclic amines) is 1. The van der Waals surface area contributed by atoms with Crippen molar-refractivity contribution >= 4 is 17.2 Å².